The molecule has 0 spiro atoms. The Morgan fingerprint density at radius 2 is 1.89 bits per heavy atom. The fourth-order valence-electron chi connectivity index (χ4n) is 2.70. The van der Waals surface area contributed by atoms with Gasteiger partial charge in [0.05, 0.1) is 6.21 Å². The maximum absolute atomic E-state index is 13.1. The first-order valence-corrected chi connectivity index (χ1v) is 9.48. The van der Waals surface area contributed by atoms with Gasteiger partial charge >= 0.3 is 0 Å². The van der Waals surface area contributed by atoms with E-state index in [9.17, 15) is 4.39 Å². The number of hydrogen-bond acceptors (Lipinski definition) is 4. The van der Waals surface area contributed by atoms with Gasteiger partial charge in [-0.3, -0.25) is 0 Å². The molecule has 7 heteroatoms. The van der Waals surface area contributed by atoms with E-state index >= 15 is 0 Å². The number of aromatic nitrogens is 3. The van der Waals surface area contributed by atoms with Crippen LogP contribution in [0.5, 0.6) is 0 Å². The first-order chi connectivity index (χ1) is 13.1. The average molecular weight is 395 g/mol. The number of halogens is 1. The molecule has 0 aliphatic rings. The van der Waals surface area contributed by atoms with Crippen molar-refractivity contribution in [1.82, 2.24) is 14.9 Å². The van der Waals surface area contributed by atoms with Gasteiger partial charge in [-0.1, -0.05) is 36.4 Å². The van der Waals surface area contributed by atoms with Crippen LogP contribution in [0.2, 0.25) is 0 Å². The normalized spacial score (nSPS) is 11.3. The molecule has 0 radical (unpaired) electrons. The van der Waals surface area contributed by atoms with Crippen LogP contribution in [0.1, 0.15) is 10.4 Å². The molecule has 0 saturated heterocycles. The monoisotopic (exact) mass is 394 g/mol. The predicted molar refractivity (Wildman–Crippen MR) is 110 cm³/mol. The van der Waals surface area contributed by atoms with Gasteiger partial charge in [-0.2, -0.15) is 14.9 Å². The Balaban J connectivity index is 1.65. The Bertz CT molecular complexity index is 1170. The first-order valence-electron chi connectivity index (χ1n) is 8.25. The number of thiophene rings is 1. The van der Waals surface area contributed by atoms with E-state index in [0.29, 0.717) is 10.6 Å². The molecule has 2 heterocycles. The highest BCUT2D eigenvalue weighted by Gasteiger charge is 2.10. The Morgan fingerprint density at radius 1 is 1.11 bits per heavy atom. The van der Waals surface area contributed by atoms with Crippen molar-refractivity contribution >= 4 is 29.8 Å². The molecule has 2 aromatic heterocycles. The lowest BCUT2D eigenvalue weighted by Gasteiger charge is -2.03. The maximum Gasteiger partial charge on any atom is 0.216 e. The topological polar surface area (TPSA) is 46.0 Å². The molecule has 0 unspecified atom stereocenters. The van der Waals surface area contributed by atoms with Gasteiger partial charge in [0.2, 0.25) is 4.77 Å². The molecule has 4 rings (SSSR count). The van der Waals surface area contributed by atoms with E-state index in [0.717, 1.165) is 26.4 Å². The molecule has 0 atom stereocenters. The zero-order chi connectivity index (χ0) is 18.8. The van der Waals surface area contributed by atoms with E-state index in [2.05, 4.69) is 15.3 Å². The molecule has 27 heavy (non-hydrogen) atoms. The molecule has 0 amide bonds. The summed E-state index contributed by atoms with van der Waals surface area (Å²) in [7, 11) is 0. The Labute approximate surface area is 164 Å². The van der Waals surface area contributed by atoms with Crippen LogP contribution in [0.15, 0.2) is 65.8 Å². The lowest BCUT2D eigenvalue weighted by molar-refractivity contribution is 0.628. The number of rotatable bonds is 4. The second-order valence-corrected chi connectivity index (χ2v) is 7.43. The summed E-state index contributed by atoms with van der Waals surface area (Å²) in [5, 5.41) is 11.6. The highest BCUT2D eigenvalue weighted by atomic mass is 32.1. The highest BCUT2D eigenvalue weighted by Crippen LogP contribution is 2.27. The van der Waals surface area contributed by atoms with Crippen molar-refractivity contribution in [2.24, 2.45) is 5.10 Å². The maximum atomic E-state index is 13.1. The van der Waals surface area contributed by atoms with Crippen LogP contribution in [-0.4, -0.2) is 21.1 Å². The van der Waals surface area contributed by atoms with Crippen molar-refractivity contribution in [2.75, 3.05) is 0 Å². The molecule has 1 N–H and O–H groups in total. The molecule has 0 bridgehead atoms. The lowest BCUT2D eigenvalue weighted by atomic mass is 10.1. The van der Waals surface area contributed by atoms with Gasteiger partial charge in [-0.25, -0.2) is 9.49 Å². The molecule has 0 fully saturated rings. The summed E-state index contributed by atoms with van der Waals surface area (Å²) in [6.45, 7) is 2.02. The van der Waals surface area contributed by atoms with Crippen molar-refractivity contribution in [3.8, 4) is 21.8 Å². The standard InChI is InChI=1S/C20H15FN4S2/c1-13-4-2-3-5-17(13)19-23-24-20(26)25(19)22-12-16-10-11-18(27-16)14-6-8-15(21)9-7-14/h2-12H,1H3,(H,24,26)/b22-12+. The molecular weight excluding hydrogens is 379 g/mol. The Morgan fingerprint density at radius 3 is 2.67 bits per heavy atom. The Hall–Kier alpha value is -2.90. The minimum atomic E-state index is -0.241. The Kier molecular flexibility index (Phi) is 4.79. The average Bonchev–Trinajstić information content (AvgIpc) is 3.28. The third-order valence-electron chi connectivity index (χ3n) is 4.09. The molecule has 2 aromatic carbocycles. The van der Waals surface area contributed by atoms with Crippen LogP contribution in [-0.2, 0) is 0 Å². The summed E-state index contributed by atoms with van der Waals surface area (Å²) in [5.74, 6) is 0.430. The fraction of sp³-hybridized carbons (Fsp3) is 0.0500. The minimum Gasteiger partial charge on any atom is -0.250 e. The van der Waals surface area contributed by atoms with Gasteiger partial charge in [0.25, 0.3) is 0 Å². The van der Waals surface area contributed by atoms with Gasteiger partial charge in [-0.15, -0.1) is 11.3 Å². The molecule has 0 saturated carbocycles. The summed E-state index contributed by atoms with van der Waals surface area (Å²) in [6.07, 6.45) is 1.75. The van der Waals surface area contributed by atoms with E-state index in [1.165, 1.54) is 12.1 Å². The molecule has 134 valence electrons. The summed E-state index contributed by atoms with van der Waals surface area (Å²) in [6, 6.07) is 18.4. The molecule has 4 aromatic rings. The third kappa shape index (κ3) is 3.65. The van der Waals surface area contributed by atoms with Crippen LogP contribution < -0.4 is 0 Å². The number of benzene rings is 2. The number of hydrogen-bond donors (Lipinski definition) is 1. The lowest BCUT2D eigenvalue weighted by Crippen LogP contribution is -1.95. The van der Waals surface area contributed by atoms with Crippen LogP contribution in [0.3, 0.4) is 0 Å². The van der Waals surface area contributed by atoms with E-state index in [4.69, 9.17) is 12.2 Å². The molecule has 4 nitrogen and oxygen atoms in total. The van der Waals surface area contributed by atoms with Gasteiger partial charge in [0.1, 0.15) is 5.82 Å². The van der Waals surface area contributed by atoms with Crippen molar-refractivity contribution < 1.29 is 4.39 Å². The first kappa shape index (κ1) is 17.5. The van der Waals surface area contributed by atoms with Crippen molar-refractivity contribution in [3.05, 3.63) is 81.7 Å². The quantitative estimate of drug-likeness (QED) is 0.358. The summed E-state index contributed by atoms with van der Waals surface area (Å²) in [5.41, 5.74) is 3.04. The molecule has 0 aliphatic heterocycles. The van der Waals surface area contributed by atoms with E-state index in [1.54, 1.807) is 34.4 Å². The zero-order valence-corrected chi connectivity index (χ0v) is 16.0. The smallest absolute Gasteiger partial charge is 0.216 e. The van der Waals surface area contributed by atoms with Gasteiger partial charge in [0.15, 0.2) is 5.82 Å². The number of nitrogens with one attached hydrogen (secondary N) is 1. The zero-order valence-electron chi connectivity index (χ0n) is 14.4. The van der Waals surface area contributed by atoms with Crippen molar-refractivity contribution in [1.29, 1.82) is 0 Å². The number of aromatic amines is 1. The van der Waals surface area contributed by atoms with Gasteiger partial charge in [-0.05, 0) is 54.5 Å². The highest BCUT2D eigenvalue weighted by molar-refractivity contribution is 7.71. The number of aryl methyl sites for hydroxylation is 1. The van der Waals surface area contributed by atoms with Gasteiger partial charge in [0, 0.05) is 15.3 Å². The third-order valence-corrected chi connectivity index (χ3v) is 5.43. The van der Waals surface area contributed by atoms with Crippen LogP contribution in [0.25, 0.3) is 21.8 Å². The molecular formula is C20H15FN4S2. The number of H-pyrrole nitrogens is 1. The van der Waals surface area contributed by atoms with E-state index in [1.807, 2.05) is 43.3 Å². The second kappa shape index (κ2) is 7.38. The van der Waals surface area contributed by atoms with Crippen LogP contribution >= 0.6 is 23.6 Å². The summed E-state index contributed by atoms with van der Waals surface area (Å²) in [4.78, 5) is 2.01. The van der Waals surface area contributed by atoms with E-state index in [-0.39, 0.29) is 5.82 Å². The van der Waals surface area contributed by atoms with Crippen LogP contribution in [0.4, 0.5) is 4.39 Å². The van der Waals surface area contributed by atoms with Crippen molar-refractivity contribution in [2.45, 2.75) is 6.92 Å². The fourth-order valence-corrected chi connectivity index (χ4v) is 3.76. The summed E-state index contributed by atoms with van der Waals surface area (Å²) < 4.78 is 15.1. The SMILES string of the molecule is Cc1ccccc1-c1n[nH]c(=S)n1/N=C/c1ccc(-c2ccc(F)cc2)s1. The number of nitrogens with zero attached hydrogens (tertiary/aromatic N) is 3. The van der Waals surface area contributed by atoms with Gasteiger partial charge < -0.3 is 0 Å². The molecule has 0 aliphatic carbocycles. The largest absolute Gasteiger partial charge is 0.250 e. The van der Waals surface area contributed by atoms with E-state index < -0.39 is 0 Å². The second-order valence-electron chi connectivity index (χ2n) is 5.93. The van der Waals surface area contributed by atoms with Crippen molar-refractivity contribution in [3.63, 3.8) is 0 Å². The summed E-state index contributed by atoms with van der Waals surface area (Å²) >= 11 is 6.90. The minimum absolute atomic E-state index is 0.241. The predicted octanol–water partition coefficient (Wildman–Crippen LogP) is 5.67. The van der Waals surface area contributed by atoms with Crippen LogP contribution in [0, 0.1) is 17.5 Å².